The van der Waals surface area contributed by atoms with Crippen molar-refractivity contribution in [2.45, 2.75) is 0 Å². The molecule has 14 heavy (non-hydrogen) atoms. The van der Waals surface area contributed by atoms with Gasteiger partial charge in [-0.05, 0) is 4.53 Å². The number of carbonyl (C=O) groups is 2. The molecule has 1 aliphatic rings. The molecule has 2 amide bonds. The van der Waals surface area contributed by atoms with E-state index < -0.39 is 0 Å². The van der Waals surface area contributed by atoms with Crippen LogP contribution in [-0.4, -0.2) is 43.0 Å². The van der Waals surface area contributed by atoms with Crippen LogP contribution in [-0.2, 0) is 14.5 Å². The second-order valence-electron chi connectivity index (χ2n) is 2.72. The molecule has 0 aromatic heterocycles. The Morgan fingerprint density at radius 1 is 1.29 bits per heavy atom. The van der Waals surface area contributed by atoms with Gasteiger partial charge in [0.2, 0.25) is 0 Å². The molecular formula is C8H11FN2O3. The summed E-state index contributed by atoms with van der Waals surface area (Å²) >= 11 is 0. The van der Waals surface area contributed by atoms with Crippen LogP contribution in [0.15, 0.2) is 12.2 Å². The highest BCUT2D eigenvalue weighted by Crippen LogP contribution is 2.01. The summed E-state index contributed by atoms with van der Waals surface area (Å²) < 4.78 is 11.2. The fourth-order valence-corrected chi connectivity index (χ4v) is 1.08. The lowest BCUT2D eigenvalue weighted by Gasteiger charge is -2.13. The van der Waals surface area contributed by atoms with Crippen LogP contribution in [0.1, 0.15) is 0 Å². The largest absolute Gasteiger partial charge is 0.313 e. The summed E-state index contributed by atoms with van der Waals surface area (Å²) in [6.07, 6.45) is 2.46. The van der Waals surface area contributed by atoms with E-state index in [2.05, 4.69) is 10.3 Å². The monoisotopic (exact) mass is 202 g/mol. The quantitative estimate of drug-likeness (QED) is 0.461. The van der Waals surface area contributed by atoms with Crippen LogP contribution in [0.2, 0.25) is 0 Å². The van der Waals surface area contributed by atoms with Crippen molar-refractivity contribution in [1.29, 1.82) is 0 Å². The Balaban J connectivity index is 2.13. The Labute approximate surface area is 80.4 Å². The van der Waals surface area contributed by atoms with Gasteiger partial charge in [0, 0.05) is 31.8 Å². The van der Waals surface area contributed by atoms with Crippen LogP contribution in [0.4, 0.5) is 4.53 Å². The normalized spacial score (nSPS) is 15.6. The number of hydrogen-bond acceptors (Lipinski definition) is 4. The van der Waals surface area contributed by atoms with Gasteiger partial charge in [0.05, 0.1) is 0 Å². The number of nitrogens with zero attached hydrogens (tertiary/aromatic N) is 1. The molecule has 1 N–H and O–H groups in total. The van der Waals surface area contributed by atoms with E-state index in [0.29, 0.717) is 13.1 Å². The number of nitrogens with one attached hydrogen (secondary N) is 1. The van der Waals surface area contributed by atoms with Crippen molar-refractivity contribution in [3.8, 4) is 0 Å². The smallest absolute Gasteiger partial charge is 0.253 e. The predicted octanol–water partition coefficient (Wildman–Crippen LogP) is -0.598. The third kappa shape index (κ3) is 2.90. The lowest BCUT2D eigenvalue weighted by atomic mass is 10.5. The molecular weight excluding hydrogens is 191 g/mol. The maximum atomic E-state index is 11.2. The van der Waals surface area contributed by atoms with Crippen LogP contribution in [0.3, 0.4) is 0 Å². The zero-order valence-corrected chi connectivity index (χ0v) is 7.53. The number of rotatable bonds is 6. The molecule has 0 atom stereocenters. The van der Waals surface area contributed by atoms with Crippen molar-refractivity contribution in [3.63, 3.8) is 0 Å². The summed E-state index contributed by atoms with van der Waals surface area (Å²) in [5.41, 5.74) is 0. The van der Waals surface area contributed by atoms with Gasteiger partial charge in [-0.15, -0.1) is 0 Å². The van der Waals surface area contributed by atoms with Gasteiger partial charge in [0.15, 0.2) is 0 Å². The van der Waals surface area contributed by atoms with Gasteiger partial charge in [-0.25, -0.2) is 0 Å². The molecule has 78 valence electrons. The van der Waals surface area contributed by atoms with Crippen molar-refractivity contribution in [1.82, 2.24) is 10.2 Å². The Morgan fingerprint density at radius 2 is 1.93 bits per heavy atom. The van der Waals surface area contributed by atoms with E-state index >= 15 is 0 Å². The number of hydrogen-bond donors (Lipinski definition) is 1. The highest BCUT2D eigenvalue weighted by Gasteiger charge is 2.21. The molecule has 1 rings (SSSR count). The van der Waals surface area contributed by atoms with Crippen molar-refractivity contribution < 1.29 is 19.1 Å². The molecule has 1 aliphatic heterocycles. The molecule has 5 nitrogen and oxygen atoms in total. The van der Waals surface area contributed by atoms with Gasteiger partial charge in [-0.3, -0.25) is 14.5 Å². The first kappa shape index (κ1) is 10.8. The first-order chi connectivity index (χ1) is 6.75. The van der Waals surface area contributed by atoms with Gasteiger partial charge < -0.3 is 5.32 Å². The minimum absolute atomic E-state index is 0.0415. The molecule has 6 heteroatoms. The second-order valence-corrected chi connectivity index (χ2v) is 2.72. The van der Waals surface area contributed by atoms with Gasteiger partial charge in [-0.1, -0.05) is 0 Å². The molecule has 1 heterocycles. The highest BCUT2D eigenvalue weighted by molar-refractivity contribution is 6.12. The van der Waals surface area contributed by atoms with Gasteiger partial charge >= 0.3 is 0 Å². The predicted molar refractivity (Wildman–Crippen MR) is 45.8 cm³/mol. The number of amides is 2. The molecule has 0 saturated heterocycles. The zero-order chi connectivity index (χ0) is 10.4. The van der Waals surface area contributed by atoms with Crippen LogP contribution < -0.4 is 5.32 Å². The summed E-state index contributed by atoms with van der Waals surface area (Å²) in [4.78, 5) is 26.5. The third-order valence-corrected chi connectivity index (χ3v) is 1.77. The van der Waals surface area contributed by atoms with Crippen molar-refractivity contribution >= 4 is 11.8 Å². The Kier molecular flexibility index (Phi) is 4.21. The maximum absolute atomic E-state index is 11.2. The average Bonchev–Trinajstić information content (AvgIpc) is 2.48. The number of halogens is 1. The van der Waals surface area contributed by atoms with Crippen LogP contribution in [0.5, 0.6) is 0 Å². The number of imide groups is 1. The van der Waals surface area contributed by atoms with Gasteiger partial charge in [0.1, 0.15) is 6.61 Å². The second kappa shape index (κ2) is 5.46. The molecule has 0 radical (unpaired) electrons. The molecule has 0 aromatic carbocycles. The molecule has 0 fully saturated rings. The van der Waals surface area contributed by atoms with Crippen LogP contribution in [0, 0.1) is 0 Å². The fraction of sp³-hybridized carbons (Fsp3) is 0.500. The minimum atomic E-state index is -0.307. The Morgan fingerprint density at radius 3 is 2.50 bits per heavy atom. The summed E-state index contributed by atoms with van der Waals surface area (Å²) in [6, 6.07) is 0. The summed E-state index contributed by atoms with van der Waals surface area (Å²) in [6.45, 7) is 1.03. The van der Waals surface area contributed by atoms with E-state index in [1.165, 1.54) is 12.2 Å². The maximum Gasteiger partial charge on any atom is 0.253 e. The average molecular weight is 202 g/mol. The summed E-state index contributed by atoms with van der Waals surface area (Å²) in [5, 5.41) is 2.82. The molecule has 0 aliphatic carbocycles. The topological polar surface area (TPSA) is 58.6 Å². The van der Waals surface area contributed by atoms with Crippen LogP contribution >= 0.6 is 0 Å². The summed E-state index contributed by atoms with van der Waals surface area (Å²) in [7, 11) is 0. The van der Waals surface area contributed by atoms with E-state index in [4.69, 9.17) is 0 Å². The van der Waals surface area contributed by atoms with E-state index in [1.807, 2.05) is 0 Å². The molecule has 0 aromatic rings. The molecule has 0 saturated carbocycles. The van der Waals surface area contributed by atoms with Crippen molar-refractivity contribution in [2.24, 2.45) is 0 Å². The molecule has 0 spiro atoms. The Bertz CT molecular complexity index is 237. The molecule has 0 unspecified atom stereocenters. The zero-order valence-electron chi connectivity index (χ0n) is 7.53. The van der Waals surface area contributed by atoms with Gasteiger partial charge in [0.25, 0.3) is 11.8 Å². The first-order valence-corrected chi connectivity index (χ1v) is 4.23. The highest BCUT2D eigenvalue weighted by atomic mass is 19.3. The van der Waals surface area contributed by atoms with Gasteiger partial charge in [-0.2, -0.15) is 4.94 Å². The van der Waals surface area contributed by atoms with E-state index in [-0.39, 0.29) is 25.0 Å². The molecule has 0 bridgehead atoms. The van der Waals surface area contributed by atoms with E-state index in [0.717, 1.165) is 4.90 Å². The van der Waals surface area contributed by atoms with Crippen LogP contribution in [0.25, 0.3) is 0 Å². The van der Waals surface area contributed by atoms with E-state index in [9.17, 15) is 14.1 Å². The lowest BCUT2D eigenvalue weighted by Crippen LogP contribution is -2.37. The Hall–Kier alpha value is -1.27. The minimum Gasteiger partial charge on any atom is -0.313 e. The van der Waals surface area contributed by atoms with Crippen molar-refractivity contribution in [2.75, 3.05) is 26.2 Å². The van der Waals surface area contributed by atoms with Crippen molar-refractivity contribution in [3.05, 3.63) is 12.2 Å². The first-order valence-electron chi connectivity index (χ1n) is 4.23. The standard InChI is InChI=1S/C8H11FN2O3/c9-14-6-4-10-3-5-11-7(12)1-2-8(11)13/h1-2,10H,3-6H2. The SMILES string of the molecule is O=C1C=CC(=O)N1CCNCCOF. The van der Waals surface area contributed by atoms with E-state index in [1.54, 1.807) is 0 Å². The number of carbonyl (C=O) groups excluding carboxylic acids is 2. The summed E-state index contributed by atoms with van der Waals surface area (Å²) in [5.74, 6) is -0.614. The third-order valence-electron chi connectivity index (χ3n) is 1.77. The lowest BCUT2D eigenvalue weighted by molar-refractivity contribution is -0.137. The fourth-order valence-electron chi connectivity index (χ4n) is 1.08.